The minimum atomic E-state index is -0.678. The Kier molecular flexibility index (Phi) is 6.63. The lowest BCUT2D eigenvalue weighted by molar-refractivity contribution is -0.120. The van der Waals surface area contributed by atoms with E-state index in [-0.39, 0.29) is 23.8 Å². The third-order valence-corrected chi connectivity index (χ3v) is 5.68. The number of fused-ring (bicyclic) bond motifs is 1. The molecule has 11 heteroatoms. The maximum Gasteiger partial charge on any atom is 0.290 e. The van der Waals surface area contributed by atoms with Gasteiger partial charge < -0.3 is 5.32 Å². The molecule has 0 fully saturated rings. The second-order valence-corrected chi connectivity index (χ2v) is 8.99. The van der Waals surface area contributed by atoms with Gasteiger partial charge in [-0.15, -0.1) is 11.3 Å². The van der Waals surface area contributed by atoms with E-state index < -0.39 is 17.7 Å². The Hall–Kier alpha value is -3.05. The van der Waals surface area contributed by atoms with Crippen molar-refractivity contribution < 1.29 is 14.4 Å². The molecule has 0 radical (unpaired) electrons. The quantitative estimate of drug-likeness (QED) is 0.471. The highest BCUT2D eigenvalue weighted by Crippen LogP contribution is 2.21. The Morgan fingerprint density at radius 3 is 2.40 bits per heavy atom. The number of nitrogens with one attached hydrogen (secondary N) is 3. The van der Waals surface area contributed by atoms with E-state index in [0.717, 1.165) is 3.79 Å². The molecule has 3 rings (SSSR count). The SMILES string of the molecule is CC(C)n1nc(C(=O)NNC(=O)CNC(=O)c2ccc(Br)s2)c2ccccc2c1=O. The predicted molar refractivity (Wildman–Crippen MR) is 116 cm³/mol. The molecule has 0 unspecified atom stereocenters. The third kappa shape index (κ3) is 4.74. The Bertz CT molecular complexity index is 1190. The first-order valence-corrected chi connectivity index (χ1v) is 10.5. The average Bonchev–Trinajstić information content (AvgIpc) is 3.16. The van der Waals surface area contributed by atoms with E-state index in [9.17, 15) is 19.2 Å². The number of nitrogens with zero attached hydrogens (tertiary/aromatic N) is 2. The van der Waals surface area contributed by atoms with Crippen LogP contribution in [0.4, 0.5) is 0 Å². The van der Waals surface area contributed by atoms with Gasteiger partial charge in [0.25, 0.3) is 23.3 Å². The summed E-state index contributed by atoms with van der Waals surface area (Å²) in [6.45, 7) is 3.23. The number of aromatic nitrogens is 2. The minimum absolute atomic E-state index is 0.00618. The van der Waals surface area contributed by atoms with E-state index in [2.05, 4.69) is 37.2 Å². The van der Waals surface area contributed by atoms with E-state index in [4.69, 9.17) is 0 Å². The van der Waals surface area contributed by atoms with Crippen molar-refractivity contribution in [3.63, 3.8) is 0 Å². The molecule has 9 nitrogen and oxygen atoms in total. The molecule has 0 spiro atoms. The van der Waals surface area contributed by atoms with Crippen molar-refractivity contribution in [2.45, 2.75) is 19.9 Å². The summed E-state index contributed by atoms with van der Waals surface area (Å²) in [6, 6.07) is 9.73. The highest BCUT2D eigenvalue weighted by atomic mass is 79.9. The van der Waals surface area contributed by atoms with Crippen LogP contribution < -0.4 is 21.7 Å². The van der Waals surface area contributed by atoms with Crippen molar-refractivity contribution in [3.05, 3.63) is 61.1 Å². The third-order valence-electron chi connectivity index (χ3n) is 4.05. The van der Waals surface area contributed by atoms with Crippen LogP contribution in [-0.2, 0) is 4.79 Å². The molecular weight excluding hydrogens is 474 g/mol. The standard InChI is InChI=1S/C19H18BrN5O4S/c1-10(2)25-19(29)12-6-4-3-5-11(12)16(24-25)18(28)23-22-15(26)9-21-17(27)13-7-8-14(20)30-13/h3-8,10H,9H2,1-2H3,(H,21,27)(H,22,26)(H,23,28). The van der Waals surface area contributed by atoms with Gasteiger partial charge in [0.15, 0.2) is 5.69 Å². The summed E-state index contributed by atoms with van der Waals surface area (Å²) in [5.74, 6) is -1.69. The number of benzene rings is 1. The molecule has 3 aromatic rings. The molecule has 2 heterocycles. The van der Waals surface area contributed by atoms with Crippen LogP contribution in [0.25, 0.3) is 10.8 Å². The maximum atomic E-state index is 12.6. The van der Waals surface area contributed by atoms with Gasteiger partial charge in [-0.25, -0.2) is 4.68 Å². The monoisotopic (exact) mass is 491 g/mol. The molecule has 156 valence electrons. The van der Waals surface area contributed by atoms with Crippen LogP contribution in [0.5, 0.6) is 0 Å². The summed E-state index contributed by atoms with van der Waals surface area (Å²) >= 11 is 4.50. The predicted octanol–water partition coefficient (Wildman–Crippen LogP) is 1.99. The molecule has 0 aliphatic heterocycles. The zero-order valence-electron chi connectivity index (χ0n) is 16.1. The maximum absolute atomic E-state index is 12.6. The number of carbonyl (C=O) groups is 3. The Morgan fingerprint density at radius 2 is 1.77 bits per heavy atom. The van der Waals surface area contributed by atoms with Gasteiger partial charge in [-0.05, 0) is 48.0 Å². The highest BCUT2D eigenvalue weighted by molar-refractivity contribution is 9.11. The van der Waals surface area contributed by atoms with Crippen molar-refractivity contribution in [2.24, 2.45) is 0 Å². The first-order chi connectivity index (χ1) is 14.3. The van der Waals surface area contributed by atoms with Gasteiger partial charge in [0.1, 0.15) is 0 Å². The summed E-state index contributed by atoms with van der Waals surface area (Å²) in [4.78, 5) is 49.6. The van der Waals surface area contributed by atoms with Crippen LogP contribution in [0.2, 0.25) is 0 Å². The van der Waals surface area contributed by atoms with Crippen LogP contribution in [0, 0.1) is 0 Å². The van der Waals surface area contributed by atoms with Crippen molar-refractivity contribution in [3.8, 4) is 0 Å². The van der Waals surface area contributed by atoms with Crippen molar-refractivity contribution in [1.82, 2.24) is 25.9 Å². The lowest BCUT2D eigenvalue weighted by atomic mass is 10.1. The second kappa shape index (κ2) is 9.18. The topological polar surface area (TPSA) is 122 Å². The molecule has 3 amide bonds. The smallest absolute Gasteiger partial charge is 0.290 e. The van der Waals surface area contributed by atoms with Gasteiger partial charge in [-0.3, -0.25) is 30.0 Å². The normalized spacial score (nSPS) is 10.8. The van der Waals surface area contributed by atoms with Gasteiger partial charge in [-0.1, -0.05) is 18.2 Å². The van der Waals surface area contributed by atoms with Crippen molar-refractivity contribution >= 4 is 55.8 Å². The van der Waals surface area contributed by atoms with E-state index >= 15 is 0 Å². The number of hydrogen-bond donors (Lipinski definition) is 3. The zero-order chi connectivity index (χ0) is 21.8. The molecule has 3 N–H and O–H groups in total. The number of thiophene rings is 1. The van der Waals surface area contributed by atoms with Crippen molar-refractivity contribution in [2.75, 3.05) is 6.54 Å². The zero-order valence-corrected chi connectivity index (χ0v) is 18.5. The summed E-state index contributed by atoms with van der Waals surface area (Å²) in [5.41, 5.74) is 4.21. The molecule has 0 aliphatic carbocycles. The van der Waals surface area contributed by atoms with Gasteiger partial charge in [0.05, 0.1) is 26.6 Å². The van der Waals surface area contributed by atoms with Crippen molar-refractivity contribution in [1.29, 1.82) is 0 Å². The van der Waals surface area contributed by atoms with Crippen LogP contribution in [-0.4, -0.2) is 34.0 Å². The summed E-state index contributed by atoms with van der Waals surface area (Å²) in [5, 5.41) is 7.36. The van der Waals surface area contributed by atoms with Gasteiger partial charge in [0, 0.05) is 5.39 Å². The molecule has 0 atom stereocenters. The molecule has 30 heavy (non-hydrogen) atoms. The molecule has 0 aliphatic rings. The molecule has 0 bridgehead atoms. The highest BCUT2D eigenvalue weighted by Gasteiger charge is 2.18. The second-order valence-electron chi connectivity index (χ2n) is 6.53. The molecule has 2 aromatic heterocycles. The number of carbonyl (C=O) groups excluding carboxylic acids is 3. The first-order valence-electron chi connectivity index (χ1n) is 8.92. The fraction of sp³-hybridized carbons (Fsp3) is 0.211. The minimum Gasteiger partial charge on any atom is -0.342 e. The first kappa shape index (κ1) is 21.7. The van der Waals surface area contributed by atoms with Crippen LogP contribution in [0.1, 0.15) is 40.0 Å². The van der Waals surface area contributed by atoms with E-state index in [1.165, 1.54) is 16.0 Å². The van der Waals surface area contributed by atoms with Gasteiger partial charge in [0.2, 0.25) is 0 Å². The number of amides is 3. The fourth-order valence-corrected chi connectivity index (χ4v) is 3.94. The molecule has 0 saturated heterocycles. The Balaban J connectivity index is 1.68. The molecular formula is C19H18BrN5O4S. The summed E-state index contributed by atoms with van der Waals surface area (Å²) in [7, 11) is 0. The molecule has 1 aromatic carbocycles. The number of hydrazine groups is 1. The summed E-state index contributed by atoms with van der Waals surface area (Å²) in [6.07, 6.45) is 0. The number of halogens is 1. The lowest BCUT2D eigenvalue weighted by Gasteiger charge is -2.13. The Labute approximate surface area is 183 Å². The fourth-order valence-electron chi connectivity index (χ4n) is 2.64. The van der Waals surface area contributed by atoms with Gasteiger partial charge >= 0.3 is 0 Å². The average molecular weight is 492 g/mol. The molecule has 0 saturated carbocycles. The Morgan fingerprint density at radius 1 is 1.07 bits per heavy atom. The number of hydrogen-bond acceptors (Lipinski definition) is 6. The van der Waals surface area contributed by atoms with E-state index in [1.807, 2.05) is 0 Å². The number of rotatable bonds is 5. The largest absolute Gasteiger partial charge is 0.342 e. The van der Waals surface area contributed by atoms with E-state index in [0.29, 0.717) is 15.6 Å². The lowest BCUT2D eigenvalue weighted by Crippen LogP contribution is -2.47. The van der Waals surface area contributed by atoms with E-state index in [1.54, 1.807) is 50.2 Å². The summed E-state index contributed by atoms with van der Waals surface area (Å²) < 4.78 is 2.02. The van der Waals surface area contributed by atoms with Gasteiger partial charge in [-0.2, -0.15) is 5.10 Å². The van der Waals surface area contributed by atoms with Crippen LogP contribution in [0.3, 0.4) is 0 Å². The van der Waals surface area contributed by atoms with Crippen LogP contribution >= 0.6 is 27.3 Å². The van der Waals surface area contributed by atoms with Crippen LogP contribution in [0.15, 0.2) is 45.0 Å².